The van der Waals surface area contributed by atoms with Gasteiger partial charge in [0.05, 0.1) is 16.8 Å². The second-order valence-electron chi connectivity index (χ2n) is 7.83. The number of nitrogens with one attached hydrogen (secondary N) is 1. The van der Waals surface area contributed by atoms with Crippen LogP contribution in [0.4, 0.5) is 5.95 Å². The van der Waals surface area contributed by atoms with E-state index in [2.05, 4.69) is 25.7 Å². The van der Waals surface area contributed by atoms with Crippen LogP contribution in [0.15, 0.2) is 30.0 Å². The predicted molar refractivity (Wildman–Crippen MR) is 113 cm³/mol. The number of hydrogen-bond donors (Lipinski definition) is 1. The van der Waals surface area contributed by atoms with Gasteiger partial charge in [0, 0.05) is 44.1 Å². The molecule has 0 saturated carbocycles. The Bertz CT molecular complexity index is 1040. The largest absolute Gasteiger partial charge is 0.347 e. The molecule has 8 heteroatoms. The number of hydrogen-bond acceptors (Lipinski definition) is 6. The molecule has 0 spiro atoms. The van der Waals surface area contributed by atoms with E-state index in [4.69, 9.17) is 4.98 Å². The first-order valence-electron chi connectivity index (χ1n) is 10.1. The number of amides is 1. The van der Waals surface area contributed by atoms with Crippen LogP contribution in [-0.2, 0) is 19.9 Å². The van der Waals surface area contributed by atoms with Crippen molar-refractivity contribution in [2.24, 2.45) is 7.05 Å². The molecule has 150 valence electrons. The maximum absolute atomic E-state index is 12.9. The van der Waals surface area contributed by atoms with Crippen LogP contribution in [0.5, 0.6) is 0 Å². The molecule has 2 aliphatic rings. The predicted octanol–water partition coefficient (Wildman–Crippen LogP) is 2.83. The zero-order valence-corrected chi connectivity index (χ0v) is 17.3. The summed E-state index contributed by atoms with van der Waals surface area (Å²) in [5, 5.41) is 9.63. The molecule has 0 bridgehead atoms. The minimum atomic E-state index is 0.0787. The lowest BCUT2D eigenvalue weighted by molar-refractivity contribution is 0.0943. The molecule has 1 amide bonds. The third kappa shape index (κ3) is 3.64. The van der Waals surface area contributed by atoms with Crippen molar-refractivity contribution >= 4 is 23.2 Å². The van der Waals surface area contributed by atoms with Gasteiger partial charge in [-0.3, -0.25) is 9.48 Å². The van der Waals surface area contributed by atoms with Crippen molar-refractivity contribution in [3.05, 3.63) is 46.0 Å². The maximum Gasteiger partial charge on any atom is 0.261 e. The van der Waals surface area contributed by atoms with Crippen molar-refractivity contribution in [2.75, 3.05) is 18.0 Å². The van der Waals surface area contributed by atoms with Gasteiger partial charge in [-0.25, -0.2) is 9.97 Å². The van der Waals surface area contributed by atoms with E-state index in [1.54, 1.807) is 28.4 Å². The first kappa shape index (κ1) is 18.3. The highest BCUT2D eigenvalue weighted by molar-refractivity contribution is 7.12. The standard InChI is InChI=1S/C21H24N6OS/c1-26-11-15(10-23-26)18-6-8-22-21(25-18)27-9-7-16(12-27)24-20(28)19-17-5-3-2-4-14(17)13-29-19/h6,8,10-11,13,16H,2-5,7,9,12H2,1H3,(H,24,28). The summed E-state index contributed by atoms with van der Waals surface area (Å²) in [6.45, 7) is 1.57. The smallest absolute Gasteiger partial charge is 0.261 e. The Balaban J connectivity index is 1.26. The van der Waals surface area contributed by atoms with E-state index < -0.39 is 0 Å². The molecular formula is C21H24N6OS. The van der Waals surface area contributed by atoms with Gasteiger partial charge in [0.15, 0.2) is 0 Å². The number of carbonyl (C=O) groups is 1. The Kier molecular flexibility index (Phi) is 4.79. The van der Waals surface area contributed by atoms with E-state index in [9.17, 15) is 4.79 Å². The molecular weight excluding hydrogens is 384 g/mol. The molecule has 0 radical (unpaired) electrons. The Morgan fingerprint density at radius 3 is 3.07 bits per heavy atom. The Labute approximate surface area is 173 Å². The van der Waals surface area contributed by atoms with Gasteiger partial charge >= 0.3 is 0 Å². The van der Waals surface area contributed by atoms with Gasteiger partial charge in [0.2, 0.25) is 5.95 Å². The summed E-state index contributed by atoms with van der Waals surface area (Å²) in [6.07, 6.45) is 11.0. The zero-order chi connectivity index (χ0) is 19.8. The topological polar surface area (TPSA) is 75.9 Å². The molecule has 5 rings (SSSR count). The zero-order valence-electron chi connectivity index (χ0n) is 16.5. The molecule has 3 aromatic heterocycles. The lowest BCUT2D eigenvalue weighted by Gasteiger charge is -2.18. The molecule has 1 atom stereocenters. The second kappa shape index (κ2) is 7.59. The van der Waals surface area contributed by atoms with Crippen LogP contribution < -0.4 is 10.2 Å². The highest BCUT2D eigenvalue weighted by Gasteiger charge is 2.28. The summed E-state index contributed by atoms with van der Waals surface area (Å²) in [4.78, 5) is 25.1. The minimum Gasteiger partial charge on any atom is -0.347 e. The number of aryl methyl sites for hydroxylation is 2. The van der Waals surface area contributed by atoms with E-state index >= 15 is 0 Å². The Hall–Kier alpha value is -2.74. The molecule has 29 heavy (non-hydrogen) atoms. The lowest BCUT2D eigenvalue weighted by Crippen LogP contribution is -2.37. The van der Waals surface area contributed by atoms with Crippen molar-refractivity contribution in [2.45, 2.75) is 38.1 Å². The van der Waals surface area contributed by atoms with Gasteiger partial charge in [-0.2, -0.15) is 5.10 Å². The van der Waals surface area contributed by atoms with Crippen LogP contribution >= 0.6 is 11.3 Å². The number of anilines is 1. The van der Waals surface area contributed by atoms with Crippen molar-refractivity contribution in [3.8, 4) is 11.3 Å². The van der Waals surface area contributed by atoms with Gasteiger partial charge < -0.3 is 10.2 Å². The van der Waals surface area contributed by atoms with Crippen LogP contribution in [0.25, 0.3) is 11.3 Å². The number of nitrogens with zero attached hydrogens (tertiary/aromatic N) is 5. The summed E-state index contributed by atoms with van der Waals surface area (Å²) in [5.41, 5.74) is 4.49. The number of carbonyl (C=O) groups excluding carboxylic acids is 1. The first-order chi connectivity index (χ1) is 14.2. The molecule has 1 unspecified atom stereocenters. The van der Waals surface area contributed by atoms with Crippen molar-refractivity contribution in [1.82, 2.24) is 25.1 Å². The lowest BCUT2D eigenvalue weighted by atomic mass is 9.94. The summed E-state index contributed by atoms with van der Waals surface area (Å²) < 4.78 is 1.77. The molecule has 1 N–H and O–H groups in total. The summed E-state index contributed by atoms with van der Waals surface area (Å²) in [5.74, 6) is 0.784. The van der Waals surface area contributed by atoms with Gasteiger partial charge in [0.25, 0.3) is 5.91 Å². The highest BCUT2D eigenvalue weighted by Crippen LogP contribution is 2.30. The van der Waals surface area contributed by atoms with Crippen LogP contribution in [-0.4, -0.2) is 44.8 Å². The number of aromatic nitrogens is 4. The fraction of sp³-hybridized carbons (Fsp3) is 0.429. The van der Waals surface area contributed by atoms with Gasteiger partial charge in [-0.15, -0.1) is 11.3 Å². The molecule has 1 saturated heterocycles. The Morgan fingerprint density at radius 1 is 1.31 bits per heavy atom. The quantitative estimate of drug-likeness (QED) is 0.718. The SMILES string of the molecule is Cn1cc(-c2ccnc(N3CCC(NC(=O)c4scc5c4CCCC5)C3)n2)cn1. The third-order valence-corrected chi connectivity index (χ3v) is 6.83. The first-order valence-corrected chi connectivity index (χ1v) is 11.0. The van der Waals surface area contributed by atoms with Gasteiger partial charge in [-0.05, 0) is 54.7 Å². The maximum atomic E-state index is 12.9. The minimum absolute atomic E-state index is 0.0787. The summed E-state index contributed by atoms with van der Waals surface area (Å²) >= 11 is 1.60. The Morgan fingerprint density at radius 2 is 2.21 bits per heavy atom. The average molecular weight is 409 g/mol. The molecule has 7 nitrogen and oxygen atoms in total. The monoisotopic (exact) mass is 408 g/mol. The molecule has 4 heterocycles. The molecule has 1 fully saturated rings. The molecule has 3 aromatic rings. The fourth-order valence-electron chi connectivity index (χ4n) is 4.24. The highest BCUT2D eigenvalue weighted by atomic mass is 32.1. The van der Waals surface area contributed by atoms with E-state index in [0.717, 1.165) is 48.5 Å². The normalized spacial score (nSPS) is 18.7. The van der Waals surface area contributed by atoms with Crippen LogP contribution in [0.2, 0.25) is 0 Å². The van der Waals surface area contributed by atoms with Gasteiger partial charge in [-0.1, -0.05) is 0 Å². The van der Waals surface area contributed by atoms with Crippen LogP contribution in [0.1, 0.15) is 40.1 Å². The van der Waals surface area contributed by atoms with E-state index in [1.165, 1.54) is 24.0 Å². The average Bonchev–Trinajstić information content (AvgIpc) is 3.47. The fourth-order valence-corrected chi connectivity index (χ4v) is 5.30. The second-order valence-corrected chi connectivity index (χ2v) is 8.71. The summed E-state index contributed by atoms with van der Waals surface area (Å²) in [6, 6.07) is 2.02. The van der Waals surface area contributed by atoms with Gasteiger partial charge in [0.1, 0.15) is 0 Å². The molecule has 1 aliphatic carbocycles. The number of fused-ring (bicyclic) bond motifs is 1. The number of rotatable bonds is 4. The van der Waals surface area contributed by atoms with Crippen LogP contribution in [0.3, 0.4) is 0 Å². The van der Waals surface area contributed by atoms with Crippen molar-refractivity contribution in [1.29, 1.82) is 0 Å². The molecule has 0 aromatic carbocycles. The summed E-state index contributed by atoms with van der Waals surface area (Å²) in [7, 11) is 1.89. The third-order valence-electron chi connectivity index (χ3n) is 5.76. The number of thiophene rings is 1. The van der Waals surface area contributed by atoms with Crippen LogP contribution in [0, 0.1) is 0 Å². The van der Waals surface area contributed by atoms with E-state index in [-0.39, 0.29) is 11.9 Å². The van der Waals surface area contributed by atoms with E-state index in [0.29, 0.717) is 5.95 Å². The van der Waals surface area contributed by atoms with Crippen molar-refractivity contribution in [3.63, 3.8) is 0 Å². The van der Waals surface area contributed by atoms with E-state index in [1.807, 2.05) is 19.3 Å². The van der Waals surface area contributed by atoms with Crippen molar-refractivity contribution < 1.29 is 4.79 Å². The molecule has 1 aliphatic heterocycles.